The zero-order chi connectivity index (χ0) is 13.2. The minimum atomic E-state index is -3.56. The summed E-state index contributed by atoms with van der Waals surface area (Å²) in [5, 5.41) is 3.18. The van der Waals surface area contributed by atoms with Gasteiger partial charge in [-0.2, -0.15) is 0 Å². The van der Waals surface area contributed by atoms with Crippen molar-refractivity contribution >= 4 is 38.6 Å². The summed E-state index contributed by atoms with van der Waals surface area (Å²) in [7, 11) is -3.56. The van der Waals surface area contributed by atoms with E-state index in [9.17, 15) is 8.42 Å². The van der Waals surface area contributed by atoms with Gasteiger partial charge in [-0.05, 0) is 17.7 Å². The molecule has 0 bridgehead atoms. The summed E-state index contributed by atoms with van der Waals surface area (Å²) >= 11 is 6.91. The van der Waals surface area contributed by atoms with Gasteiger partial charge < -0.3 is 5.73 Å². The van der Waals surface area contributed by atoms with Gasteiger partial charge in [-0.25, -0.2) is 13.1 Å². The minimum absolute atomic E-state index is 0.139. The lowest BCUT2D eigenvalue weighted by Crippen LogP contribution is -2.22. The lowest BCUT2D eigenvalue weighted by molar-refractivity contribution is 0.583. The average molecular weight is 302 g/mol. The number of anilines is 1. The zero-order valence-electron chi connectivity index (χ0n) is 9.18. The van der Waals surface area contributed by atoms with Crippen LogP contribution < -0.4 is 10.5 Å². The SMILES string of the molecule is Nc1[c]sc(S(=O)(=O)NCc2ccccc2Cl)c1. The summed E-state index contributed by atoms with van der Waals surface area (Å²) in [6.07, 6.45) is 0. The van der Waals surface area contributed by atoms with E-state index in [1.54, 1.807) is 24.3 Å². The first kappa shape index (κ1) is 13.4. The monoisotopic (exact) mass is 301 g/mol. The molecule has 1 aromatic carbocycles. The average Bonchev–Trinajstić information content (AvgIpc) is 2.76. The van der Waals surface area contributed by atoms with Gasteiger partial charge in [0.05, 0.1) is 11.1 Å². The predicted molar refractivity (Wildman–Crippen MR) is 73.0 cm³/mol. The summed E-state index contributed by atoms with van der Waals surface area (Å²) in [4.78, 5) is 0. The number of nitrogens with one attached hydrogen (secondary N) is 1. The molecule has 2 aromatic rings. The van der Waals surface area contributed by atoms with Gasteiger partial charge in [-0.1, -0.05) is 29.8 Å². The molecule has 0 unspecified atom stereocenters. The van der Waals surface area contributed by atoms with Crippen LogP contribution in [0.4, 0.5) is 5.69 Å². The first-order chi connectivity index (χ1) is 8.49. The van der Waals surface area contributed by atoms with Crippen LogP contribution in [0, 0.1) is 5.38 Å². The first-order valence-corrected chi connectivity index (χ1v) is 7.67. The van der Waals surface area contributed by atoms with Crippen molar-refractivity contribution in [3.8, 4) is 0 Å². The highest BCUT2D eigenvalue weighted by Crippen LogP contribution is 2.21. The van der Waals surface area contributed by atoms with Crippen LogP contribution >= 0.6 is 22.9 Å². The van der Waals surface area contributed by atoms with Crippen molar-refractivity contribution < 1.29 is 8.42 Å². The smallest absolute Gasteiger partial charge is 0.250 e. The van der Waals surface area contributed by atoms with Crippen LogP contribution in [0.3, 0.4) is 0 Å². The molecule has 0 aliphatic carbocycles. The van der Waals surface area contributed by atoms with Crippen molar-refractivity contribution in [2.75, 3.05) is 5.73 Å². The van der Waals surface area contributed by atoms with Gasteiger partial charge >= 0.3 is 0 Å². The molecule has 7 heteroatoms. The van der Waals surface area contributed by atoms with Gasteiger partial charge in [0, 0.05) is 11.6 Å². The normalized spacial score (nSPS) is 11.6. The summed E-state index contributed by atoms with van der Waals surface area (Å²) < 4.78 is 26.4. The molecule has 0 fully saturated rings. The van der Waals surface area contributed by atoms with E-state index in [0.717, 1.165) is 16.9 Å². The highest BCUT2D eigenvalue weighted by atomic mass is 35.5. The van der Waals surface area contributed by atoms with Crippen molar-refractivity contribution in [2.24, 2.45) is 0 Å². The number of nitrogens with two attached hydrogens (primary N) is 1. The highest BCUT2D eigenvalue weighted by Gasteiger charge is 2.16. The molecule has 1 radical (unpaired) electrons. The Morgan fingerprint density at radius 2 is 2.11 bits per heavy atom. The molecule has 0 aliphatic rings. The molecule has 1 heterocycles. The second-order valence-corrected chi connectivity index (χ2v) is 6.79. The molecule has 4 nitrogen and oxygen atoms in total. The summed E-state index contributed by atoms with van der Waals surface area (Å²) in [6, 6.07) is 8.43. The van der Waals surface area contributed by atoms with E-state index < -0.39 is 10.0 Å². The second kappa shape index (κ2) is 5.27. The summed E-state index contributed by atoms with van der Waals surface area (Å²) in [5.74, 6) is 0. The Labute approximate surface area is 114 Å². The van der Waals surface area contributed by atoms with Gasteiger partial charge in [0.1, 0.15) is 4.21 Å². The third kappa shape index (κ3) is 3.02. The third-order valence-electron chi connectivity index (χ3n) is 2.22. The van der Waals surface area contributed by atoms with Crippen LogP contribution in [0.15, 0.2) is 34.5 Å². The number of benzene rings is 1. The molecule has 0 amide bonds. The summed E-state index contributed by atoms with van der Waals surface area (Å²) in [5.41, 5.74) is 6.48. The molecule has 1 aromatic heterocycles. The third-order valence-corrected chi connectivity index (χ3v) is 5.32. The number of rotatable bonds is 4. The molecule has 0 atom stereocenters. The molecule has 0 saturated heterocycles. The fraction of sp³-hybridized carbons (Fsp3) is 0.0909. The number of nitrogen functional groups attached to an aromatic ring is 1. The van der Waals surface area contributed by atoms with Crippen molar-refractivity contribution in [3.05, 3.63) is 46.3 Å². The molecule has 2 rings (SSSR count). The Kier molecular flexibility index (Phi) is 3.91. The van der Waals surface area contributed by atoms with E-state index in [0.29, 0.717) is 10.7 Å². The molecule has 0 saturated carbocycles. The standard InChI is InChI=1S/C11H10ClN2O2S2/c12-10-4-2-1-3-8(10)6-14-18(15,16)11-5-9(13)7-17-11/h1-5,14H,6,13H2. The van der Waals surface area contributed by atoms with Crippen molar-refractivity contribution in [1.82, 2.24) is 4.72 Å². The van der Waals surface area contributed by atoms with E-state index in [-0.39, 0.29) is 10.8 Å². The Balaban J connectivity index is 2.13. The summed E-state index contributed by atoms with van der Waals surface area (Å²) in [6.45, 7) is 0.139. The van der Waals surface area contributed by atoms with Gasteiger partial charge in [-0.3, -0.25) is 0 Å². The maximum absolute atomic E-state index is 11.9. The van der Waals surface area contributed by atoms with E-state index in [4.69, 9.17) is 17.3 Å². The molecular formula is C11H10ClN2O2S2. The number of thiophene rings is 1. The van der Waals surface area contributed by atoms with Gasteiger partial charge in [0.15, 0.2) is 0 Å². The Hall–Kier alpha value is -1.08. The number of hydrogen-bond acceptors (Lipinski definition) is 4. The zero-order valence-corrected chi connectivity index (χ0v) is 11.6. The van der Waals surface area contributed by atoms with Crippen molar-refractivity contribution in [2.45, 2.75) is 10.8 Å². The number of halogens is 1. The van der Waals surface area contributed by atoms with Crippen molar-refractivity contribution in [3.63, 3.8) is 0 Å². The van der Waals surface area contributed by atoms with Gasteiger partial charge in [-0.15, -0.1) is 11.3 Å². The van der Waals surface area contributed by atoms with Crippen molar-refractivity contribution in [1.29, 1.82) is 0 Å². The van der Waals surface area contributed by atoms with E-state index in [2.05, 4.69) is 10.1 Å². The highest BCUT2D eigenvalue weighted by molar-refractivity contribution is 7.91. The Morgan fingerprint density at radius 1 is 1.39 bits per heavy atom. The first-order valence-electron chi connectivity index (χ1n) is 4.99. The fourth-order valence-electron chi connectivity index (χ4n) is 1.31. The fourth-order valence-corrected chi connectivity index (χ4v) is 3.49. The molecule has 95 valence electrons. The van der Waals surface area contributed by atoms with E-state index in [1.165, 1.54) is 6.07 Å². The molecular weight excluding hydrogens is 292 g/mol. The maximum Gasteiger partial charge on any atom is 0.250 e. The second-order valence-electron chi connectivity index (χ2n) is 3.54. The van der Waals surface area contributed by atoms with Crippen LogP contribution in [0.2, 0.25) is 5.02 Å². The number of hydrogen-bond donors (Lipinski definition) is 2. The van der Waals surface area contributed by atoms with Crippen LogP contribution in [-0.2, 0) is 16.6 Å². The lowest BCUT2D eigenvalue weighted by atomic mass is 10.2. The minimum Gasteiger partial charge on any atom is -0.397 e. The molecule has 18 heavy (non-hydrogen) atoms. The predicted octanol–water partition coefficient (Wildman–Crippen LogP) is 2.26. The van der Waals surface area contributed by atoms with Crippen LogP contribution in [-0.4, -0.2) is 8.42 Å². The lowest BCUT2D eigenvalue weighted by Gasteiger charge is -2.06. The van der Waals surface area contributed by atoms with Gasteiger partial charge in [0.25, 0.3) is 0 Å². The largest absolute Gasteiger partial charge is 0.397 e. The quantitative estimate of drug-likeness (QED) is 0.910. The Bertz CT molecular complexity index is 653. The molecule has 0 aliphatic heterocycles. The molecule has 3 N–H and O–H groups in total. The Morgan fingerprint density at radius 3 is 2.72 bits per heavy atom. The van der Waals surface area contributed by atoms with E-state index >= 15 is 0 Å². The van der Waals surface area contributed by atoms with E-state index in [1.807, 2.05) is 0 Å². The topological polar surface area (TPSA) is 72.2 Å². The van der Waals surface area contributed by atoms with Crippen LogP contribution in [0.25, 0.3) is 0 Å². The maximum atomic E-state index is 11.9. The van der Waals surface area contributed by atoms with Crippen LogP contribution in [0.5, 0.6) is 0 Å². The van der Waals surface area contributed by atoms with Gasteiger partial charge in [0.2, 0.25) is 10.0 Å². The number of sulfonamides is 1. The van der Waals surface area contributed by atoms with Crippen LogP contribution in [0.1, 0.15) is 5.56 Å². The molecule has 0 spiro atoms.